The lowest BCUT2D eigenvalue weighted by atomic mass is 9.87. The van der Waals surface area contributed by atoms with Crippen LogP contribution in [-0.4, -0.2) is 24.7 Å². The normalized spacial score (nSPS) is 13.4. The number of anilines is 2. The Bertz CT molecular complexity index is 590. The summed E-state index contributed by atoms with van der Waals surface area (Å²) in [6.45, 7) is 7.18. The third-order valence-corrected chi connectivity index (χ3v) is 3.50. The van der Waals surface area contributed by atoms with Crippen molar-refractivity contribution >= 4 is 22.3 Å². The largest absolute Gasteiger partial charge is 0.396 e. The van der Waals surface area contributed by atoms with Crippen molar-refractivity contribution in [1.82, 2.24) is 4.98 Å². The minimum absolute atomic E-state index is 0.0623. The molecule has 1 unspecified atom stereocenters. The van der Waals surface area contributed by atoms with Gasteiger partial charge in [-0.05, 0) is 11.5 Å². The van der Waals surface area contributed by atoms with E-state index in [-0.39, 0.29) is 11.5 Å². The van der Waals surface area contributed by atoms with Gasteiger partial charge in [0.2, 0.25) is 0 Å². The Labute approximate surface area is 120 Å². The van der Waals surface area contributed by atoms with Gasteiger partial charge in [-0.15, -0.1) is 0 Å². The van der Waals surface area contributed by atoms with E-state index < -0.39 is 0 Å². The molecule has 4 heteroatoms. The summed E-state index contributed by atoms with van der Waals surface area (Å²) in [6, 6.07) is 8.17. The van der Waals surface area contributed by atoms with Crippen molar-refractivity contribution in [2.24, 2.45) is 5.41 Å². The van der Waals surface area contributed by atoms with Gasteiger partial charge in [0.25, 0.3) is 0 Å². The standard InChI is InChI=1S/C16H23N3O/c1-16(2,3)14(10-20-4)19-15-11-7-5-6-8-13(11)18-9-12(15)17/h5-9,14H,10,17H2,1-4H3,(H,18,19). The number of nitrogens with zero attached hydrogens (tertiary/aromatic N) is 1. The highest BCUT2D eigenvalue weighted by atomic mass is 16.5. The van der Waals surface area contributed by atoms with Gasteiger partial charge in [-0.3, -0.25) is 4.98 Å². The molecule has 108 valence electrons. The number of hydrogen-bond donors (Lipinski definition) is 2. The Morgan fingerprint density at radius 3 is 2.65 bits per heavy atom. The number of pyridine rings is 1. The zero-order valence-electron chi connectivity index (χ0n) is 12.6. The van der Waals surface area contributed by atoms with E-state index in [9.17, 15) is 0 Å². The molecule has 0 bridgehead atoms. The second-order valence-electron chi connectivity index (χ2n) is 6.12. The number of para-hydroxylation sites is 1. The zero-order valence-corrected chi connectivity index (χ0v) is 12.6. The van der Waals surface area contributed by atoms with E-state index in [2.05, 4.69) is 31.1 Å². The van der Waals surface area contributed by atoms with Gasteiger partial charge in [0.05, 0.1) is 35.7 Å². The van der Waals surface area contributed by atoms with Gasteiger partial charge >= 0.3 is 0 Å². The van der Waals surface area contributed by atoms with Gasteiger partial charge in [0.15, 0.2) is 0 Å². The molecule has 0 fully saturated rings. The maximum Gasteiger partial charge on any atom is 0.0743 e. The summed E-state index contributed by atoms with van der Waals surface area (Å²) in [6.07, 6.45) is 1.71. The molecule has 1 aromatic heterocycles. The lowest BCUT2D eigenvalue weighted by molar-refractivity contribution is 0.144. The second kappa shape index (κ2) is 5.67. The Morgan fingerprint density at radius 1 is 1.30 bits per heavy atom. The molecule has 0 aliphatic carbocycles. The molecule has 4 nitrogen and oxygen atoms in total. The lowest BCUT2D eigenvalue weighted by Crippen LogP contribution is -2.38. The summed E-state index contributed by atoms with van der Waals surface area (Å²) in [5, 5.41) is 4.58. The molecule has 1 aromatic carbocycles. The highest BCUT2D eigenvalue weighted by molar-refractivity contribution is 5.96. The van der Waals surface area contributed by atoms with Crippen molar-refractivity contribution in [3.05, 3.63) is 30.5 Å². The number of ether oxygens (including phenoxy) is 1. The first-order chi connectivity index (χ1) is 9.43. The van der Waals surface area contributed by atoms with E-state index in [1.54, 1.807) is 13.3 Å². The third kappa shape index (κ3) is 3.02. The fourth-order valence-corrected chi connectivity index (χ4v) is 2.17. The number of fused-ring (bicyclic) bond motifs is 1. The maximum absolute atomic E-state index is 6.11. The number of benzene rings is 1. The van der Waals surface area contributed by atoms with Crippen molar-refractivity contribution in [3.8, 4) is 0 Å². The van der Waals surface area contributed by atoms with E-state index in [1.165, 1.54) is 0 Å². The molecule has 20 heavy (non-hydrogen) atoms. The van der Waals surface area contributed by atoms with Crippen LogP contribution in [0.2, 0.25) is 0 Å². The van der Waals surface area contributed by atoms with Crippen LogP contribution < -0.4 is 11.1 Å². The van der Waals surface area contributed by atoms with Crippen LogP contribution >= 0.6 is 0 Å². The second-order valence-corrected chi connectivity index (χ2v) is 6.12. The summed E-state index contributed by atoms with van der Waals surface area (Å²) in [7, 11) is 1.72. The molecule has 0 aliphatic rings. The maximum atomic E-state index is 6.11. The first-order valence-corrected chi connectivity index (χ1v) is 6.82. The van der Waals surface area contributed by atoms with Crippen molar-refractivity contribution in [2.45, 2.75) is 26.8 Å². The summed E-state index contributed by atoms with van der Waals surface area (Å²) in [5.74, 6) is 0. The van der Waals surface area contributed by atoms with Gasteiger partial charge in [-0.25, -0.2) is 0 Å². The topological polar surface area (TPSA) is 60.2 Å². The first-order valence-electron chi connectivity index (χ1n) is 6.82. The SMILES string of the molecule is COCC(Nc1c(N)cnc2ccccc12)C(C)(C)C. The van der Waals surface area contributed by atoms with Gasteiger partial charge in [-0.1, -0.05) is 39.0 Å². The Hall–Kier alpha value is -1.81. The Kier molecular flexibility index (Phi) is 4.14. The number of aromatic nitrogens is 1. The predicted molar refractivity (Wildman–Crippen MR) is 84.9 cm³/mol. The first kappa shape index (κ1) is 14.6. The number of methoxy groups -OCH3 is 1. The summed E-state index contributed by atoms with van der Waals surface area (Å²) in [5.41, 5.74) is 8.71. The highest BCUT2D eigenvalue weighted by Gasteiger charge is 2.25. The monoisotopic (exact) mass is 273 g/mol. The van der Waals surface area contributed by atoms with Gasteiger partial charge in [0.1, 0.15) is 0 Å². The number of hydrogen-bond acceptors (Lipinski definition) is 4. The van der Waals surface area contributed by atoms with E-state index in [1.807, 2.05) is 24.3 Å². The van der Waals surface area contributed by atoms with Crippen molar-refractivity contribution in [2.75, 3.05) is 24.8 Å². The molecular formula is C16H23N3O. The zero-order chi connectivity index (χ0) is 14.8. The lowest BCUT2D eigenvalue weighted by Gasteiger charge is -2.32. The minimum Gasteiger partial charge on any atom is -0.396 e. The van der Waals surface area contributed by atoms with Crippen LogP contribution in [0.4, 0.5) is 11.4 Å². The molecule has 1 atom stereocenters. The summed E-state index contributed by atoms with van der Waals surface area (Å²) >= 11 is 0. The van der Waals surface area contributed by atoms with E-state index in [0.29, 0.717) is 12.3 Å². The molecule has 0 radical (unpaired) electrons. The average Bonchev–Trinajstić information content (AvgIpc) is 2.40. The van der Waals surface area contributed by atoms with Gasteiger partial charge < -0.3 is 15.8 Å². The van der Waals surface area contributed by atoms with Crippen LogP contribution in [0.25, 0.3) is 10.9 Å². The number of nitrogen functional groups attached to an aromatic ring is 1. The van der Waals surface area contributed by atoms with Gasteiger partial charge in [0, 0.05) is 12.5 Å². The Balaban J connectivity index is 2.44. The van der Waals surface area contributed by atoms with Crippen LogP contribution in [0.1, 0.15) is 20.8 Å². The van der Waals surface area contributed by atoms with Crippen LogP contribution in [0.15, 0.2) is 30.5 Å². The molecule has 0 spiro atoms. The molecule has 1 heterocycles. The number of nitrogens with one attached hydrogen (secondary N) is 1. The molecule has 3 N–H and O–H groups in total. The molecule has 0 aliphatic heterocycles. The molecule has 2 rings (SSSR count). The van der Waals surface area contributed by atoms with Crippen molar-refractivity contribution in [1.29, 1.82) is 0 Å². The quantitative estimate of drug-likeness (QED) is 0.897. The van der Waals surface area contributed by atoms with Crippen molar-refractivity contribution in [3.63, 3.8) is 0 Å². The number of nitrogens with two attached hydrogens (primary N) is 1. The van der Waals surface area contributed by atoms with Crippen LogP contribution in [0, 0.1) is 5.41 Å². The fourth-order valence-electron chi connectivity index (χ4n) is 2.17. The highest BCUT2D eigenvalue weighted by Crippen LogP contribution is 2.31. The molecule has 0 saturated carbocycles. The third-order valence-electron chi connectivity index (χ3n) is 3.50. The average molecular weight is 273 g/mol. The van der Waals surface area contributed by atoms with E-state index in [4.69, 9.17) is 10.5 Å². The van der Waals surface area contributed by atoms with Crippen LogP contribution in [0.5, 0.6) is 0 Å². The number of rotatable bonds is 4. The van der Waals surface area contributed by atoms with E-state index in [0.717, 1.165) is 16.6 Å². The summed E-state index contributed by atoms with van der Waals surface area (Å²) < 4.78 is 5.34. The summed E-state index contributed by atoms with van der Waals surface area (Å²) in [4.78, 5) is 4.36. The minimum atomic E-state index is 0.0623. The molecular weight excluding hydrogens is 250 g/mol. The molecule has 0 amide bonds. The molecule has 0 saturated heterocycles. The van der Waals surface area contributed by atoms with Crippen LogP contribution in [-0.2, 0) is 4.74 Å². The Morgan fingerprint density at radius 2 is 2.00 bits per heavy atom. The smallest absolute Gasteiger partial charge is 0.0743 e. The predicted octanol–water partition coefficient (Wildman–Crippen LogP) is 3.29. The van der Waals surface area contributed by atoms with Crippen molar-refractivity contribution < 1.29 is 4.74 Å². The van der Waals surface area contributed by atoms with E-state index >= 15 is 0 Å². The fraction of sp³-hybridized carbons (Fsp3) is 0.438. The van der Waals surface area contributed by atoms with Gasteiger partial charge in [-0.2, -0.15) is 0 Å². The molecule has 2 aromatic rings. The van der Waals surface area contributed by atoms with Crippen LogP contribution in [0.3, 0.4) is 0 Å².